The molecule has 3 aromatic heterocycles. The first-order valence-corrected chi connectivity index (χ1v) is 6.54. The summed E-state index contributed by atoms with van der Waals surface area (Å²) >= 11 is 3.42. The van der Waals surface area contributed by atoms with Crippen LogP contribution in [-0.2, 0) is 0 Å². The molecular weight excluding hydrogens is 306 g/mol. The number of benzene rings is 1. The highest BCUT2D eigenvalue weighted by Gasteiger charge is 2.11. The lowest BCUT2D eigenvalue weighted by molar-refractivity contribution is 0.978. The molecule has 0 N–H and O–H groups in total. The Morgan fingerprint density at radius 1 is 1.11 bits per heavy atom. The maximum absolute atomic E-state index is 4.52. The minimum absolute atomic E-state index is 0.755. The van der Waals surface area contributed by atoms with Crippen LogP contribution < -0.4 is 0 Å². The molecule has 0 atom stereocenters. The van der Waals surface area contributed by atoms with Gasteiger partial charge in [-0.25, -0.2) is 15.0 Å². The number of imidazole rings is 2. The number of halogens is 1. The number of hydrogen-bond acceptors (Lipinski definition) is 3. The molecule has 0 bridgehead atoms. The summed E-state index contributed by atoms with van der Waals surface area (Å²) in [6.45, 7) is 0. The van der Waals surface area contributed by atoms with E-state index >= 15 is 0 Å². The van der Waals surface area contributed by atoms with Crippen molar-refractivity contribution in [1.82, 2.24) is 23.9 Å². The third kappa shape index (κ3) is 1.57. The van der Waals surface area contributed by atoms with Crippen LogP contribution in [0.1, 0.15) is 0 Å². The van der Waals surface area contributed by atoms with Gasteiger partial charge in [-0.15, -0.1) is 0 Å². The molecule has 0 spiro atoms. The van der Waals surface area contributed by atoms with Crippen molar-refractivity contribution >= 4 is 32.6 Å². The van der Waals surface area contributed by atoms with Gasteiger partial charge in [0.05, 0.1) is 11.0 Å². The number of hydrogen-bond donors (Lipinski definition) is 0. The SMILES string of the molecule is Brc1cn2ccnc2c(-n2cnc3ccccc32)n1. The lowest BCUT2D eigenvalue weighted by Gasteiger charge is -2.06. The van der Waals surface area contributed by atoms with Gasteiger partial charge in [0.1, 0.15) is 10.9 Å². The number of rotatable bonds is 1. The molecule has 92 valence electrons. The van der Waals surface area contributed by atoms with Crippen LogP contribution in [0, 0.1) is 0 Å². The van der Waals surface area contributed by atoms with Gasteiger partial charge in [-0.2, -0.15) is 0 Å². The van der Waals surface area contributed by atoms with Crippen molar-refractivity contribution in [3.05, 3.63) is 53.8 Å². The highest BCUT2D eigenvalue weighted by atomic mass is 79.9. The smallest absolute Gasteiger partial charge is 0.183 e. The first-order chi connectivity index (χ1) is 9.33. The van der Waals surface area contributed by atoms with E-state index in [0.717, 1.165) is 27.1 Å². The monoisotopic (exact) mass is 313 g/mol. The standard InChI is InChI=1S/C13H8BrN5/c14-11-7-18-6-5-15-12(18)13(17-11)19-8-16-9-3-1-2-4-10(9)19/h1-8H. The van der Waals surface area contributed by atoms with E-state index in [0.29, 0.717) is 0 Å². The molecule has 1 aromatic carbocycles. The second kappa shape index (κ2) is 3.89. The van der Waals surface area contributed by atoms with Crippen molar-refractivity contribution in [3.63, 3.8) is 0 Å². The third-order valence-electron chi connectivity index (χ3n) is 3.01. The van der Waals surface area contributed by atoms with Crippen LogP contribution in [-0.4, -0.2) is 23.9 Å². The molecule has 0 unspecified atom stereocenters. The topological polar surface area (TPSA) is 48.0 Å². The van der Waals surface area contributed by atoms with Crippen LogP contribution in [0.3, 0.4) is 0 Å². The number of nitrogens with zero attached hydrogens (tertiary/aromatic N) is 5. The van der Waals surface area contributed by atoms with Crippen molar-refractivity contribution in [1.29, 1.82) is 0 Å². The normalized spacial score (nSPS) is 11.4. The van der Waals surface area contributed by atoms with Crippen LogP contribution in [0.4, 0.5) is 0 Å². The second-order valence-electron chi connectivity index (χ2n) is 4.15. The third-order valence-corrected chi connectivity index (χ3v) is 3.39. The summed E-state index contributed by atoms with van der Waals surface area (Å²) in [4.78, 5) is 13.3. The van der Waals surface area contributed by atoms with Gasteiger partial charge < -0.3 is 4.40 Å². The maximum atomic E-state index is 4.52. The summed E-state index contributed by atoms with van der Waals surface area (Å²) in [7, 11) is 0. The van der Waals surface area contributed by atoms with Gasteiger partial charge in [0, 0.05) is 18.6 Å². The lowest BCUT2D eigenvalue weighted by atomic mass is 10.3. The summed E-state index contributed by atoms with van der Waals surface area (Å²) in [5, 5.41) is 0. The fourth-order valence-electron chi connectivity index (χ4n) is 2.17. The van der Waals surface area contributed by atoms with Crippen molar-refractivity contribution < 1.29 is 0 Å². The van der Waals surface area contributed by atoms with E-state index in [2.05, 4.69) is 30.9 Å². The predicted octanol–water partition coefficient (Wildman–Crippen LogP) is 2.83. The zero-order valence-electron chi connectivity index (χ0n) is 9.73. The zero-order chi connectivity index (χ0) is 12.8. The Kier molecular flexibility index (Phi) is 2.19. The summed E-state index contributed by atoms with van der Waals surface area (Å²) < 4.78 is 4.63. The molecule has 3 heterocycles. The van der Waals surface area contributed by atoms with Gasteiger partial charge in [0.25, 0.3) is 0 Å². The molecule has 4 rings (SSSR count). The summed E-state index contributed by atoms with van der Waals surface area (Å²) in [6, 6.07) is 7.96. The highest BCUT2D eigenvalue weighted by Crippen LogP contribution is 2.21. The largest absolute Gasteiger partial charge is 0.301 e. The summed E-state index contributed by atoms with van der Waals surface area (Å²) in [6.07, 6.45) is 7.30. The molecular formula is C13H8BrN5. The van der Waals surface area contributed by atoms with Gasteiger partial charge in [-0.05, 0) is 28.1 Å². The van der Waals surface area contributed by atoms with Crippen LogP contribution >= 0.6 is 15.9 Å². The molecule has 0 saturated heterocycles. The molecule has 0 fully saturated rings. The van der Waals surface area contributed by atoms with Crippen molar-refractivity contribution in [3.8, 4) is 5.82 Å². The minimum atomic E-state index is 0.755. The Morgan fingerprint density at radius 2 is 2.00 bits per heavy atom. The zero-order valence-corrected chi connectivity index (χ0v) is 11.3. The van der Waals surface area contributed by atoms with Crippen molar-refractivity contribution in [2.24, 2.45) is 0 Å². The van der Waals surface area contributed by atoms with Crippen LogP contribution in [0.5, 0.6) is 0 Å². The van der Waals surface area contributed by atoms with Crippen molar-refractivity contribution in [2.45, 2.75) is 0 Å². The van der Waals surface area contributed by atoms with Crippen LogP contribution in [0.15, 0.2) is 53.8 Å². The van der Waals surface area contributed by atoms with Crippen LogP contribution in [0.2, 0.25) is 0 Å². The Balaban J connectivity index is 2.11. The van der Waals surface area contributed by atoms with E-state index in [1.165, 1.54) is 0 Å². The summed E-state index contributed by atoms with van der Waals surface area (Å²) in [5.41, 5.74) is 2.75. The summed E-state index contributed by atoms with van der Waals surface area (Å²) in [5.74, 6) is 0.757. The highest BCUT2D eigenvalue weighted by molar-refractivity contribution is 9.10. The maximum Gasteiger partial charge on any atom is 0.183 e. The molecule has 4 aromatic rings. The Labute approximate surface area is 116 Å². The molecule has 0 radical (unpaired) electrons. The molecule has 0 aliphatic heterocycles. The predicted molar refractivity (Wildman–Crippen MR) is 75.3 cm³/mol. The molecule has 6 heteroatoms. The van der Waals surface area contributed by atoms with E-state index in [4.69, 9.17) is 0 Å². The Morgan fingerprint density at radius 3 is 2.95 bits per heavy atom. The van der Waals surface area contributed by atoms with E-state index in [1.807, 2.05) is 45.6 Å². The van der Waals surface area contributed by atoms with Gasteiger partial charge >= 0.3 is 0 Å². The van der Waals surface area contributed by atoms with E-state index < -0.39 is 0 Å². The second-order valence-corrected chi connectivity index (χ2v) is 4.96. The van der Waals surface area contributed by atoms with E-state index in [1.54, 1.807) is 12.5 Å². The fraction of sp³-hybridized carbons (Fsp3) is 0. The number of aromatic nitrogens is 5. The number of fused-ring (bicyclic) bond motifs is 2. The van der Waals surface area contributed by atoms with Crippen molar-refractivity contribution in [2.75, 3.05) is 0 Å². The molecule has 19 heavy (non-hydrogen) atoms. The molecule has 5 nitrogen and oxygen atoms in total. The molecule has 0 aliphatic carbocycles. The van der Waals surface area contributed by atoms with E-state index in [-0.39, 0.29) is 0 Å². The first kappa shape index (κ1) is 10.7. The molecule has 0 amide bonds. The average molecular weight is 314 g/mol. The fourth-order valence-corrected chi connectivity index (χ4v) is 2.56. The molecule has 0 saturated carbocycles. The first-order valence-electron chi connectivity index (χ1n) is 5.74. The van der Waals surface area contributed by atoms with Gasteiger partial charge in [0.2, 0.25) is 0 Å². The Hall–Kier alpha value is -2.21. The van der Waals surface area contributed by atoms with E-state index in [9.17, 15) is 0 Å². The molecule has 0 aliphatic rings. The Bertz CT molecular complexity index is 892. The average Bonchev–Trinajstić information content (AvgIpc) is 3.03. The van der Waals surface area contributed by atoms with Gasteiger partial charge in [0.15, 0.2) is 11.5 Å². The van der Waals surface area contributed by atoms with Gasteiger partial charge in [-0.3, -0.25) is 4.57 Å². The quantitative estimate of drug-likeness (QED) is 0.543. The minimum Gasteiger partial charge on any atom is -0.301 e. The van der Waals surface area contributed by atoms with Crippen LogP contribution in [0.25, 0.3) is 22.5 Å². The number of para-hydroxylation sites is 2. The van der Waals surface area contributed by atoms with Gasteiger partial charge in [-0.1, -0.05) is 12.1 Å². The lowest BCUT2D eigenvalue weighted by Crippen LogP contribution is -2.01.